The lowest BCUT2D eigenvalue weighted by Gasteiger charge is -2.33. The fourth-order valence-electron chi connectivity index (χ4n) is 3.67. The van der Waals surface area contributed by atoms with E-state index < -0.39 is 18.5 Å². The van der Waals surface area contributed by atoms with Gasteiger partial charge in [-0.25, -0.2) is 9.50 Å². The molecule has 4 heterocycles. The van der Waals surface area contributed by atoms with Crippen molar-refractivity contribution in [1.29, 1.82) is 0 Å². The van der Waals surface area contributed by atoms with Crippen molar-refractivity contribution in [2.24, 2.45) is 0 Å². The highest BCUT2D eigenvalue weighted by atomic mass is 19.1. The van der Waals surface area contributed by atoms with Gasteiger partial charge in [-0.05, 0) is 31.9 Å². The van der Waals surface area contributed by atoms with Gasteiger partial charge in [-0.1, -0.05) is 6.07 Å². The topological polar surface area (TPSA) is 125 Å². The molecule has 2 atom stereocenters. The molecule has 4 rings (SSSR count). The minimum Gasteiger partial charge on any atom is -0.470 e. The second kappa shape index (κ2) is 9.45. The number of pyridine rings is 1. The number of aliphatic hydroxyl groups excluding tert-OH is 2. The quantitative estimate of drug-likeness (QED) is 0.495. The number of amides is 1. The van der Waals surface area contributed by atoms with Gasteiger partial charge < -0.3 is 25.2 Å². The summed E-state index contributed by atoms with van der Waals surface area (Å²) in [7, 11) is 0. The molecule has 3 aromatic rings. The Morgan fingerprint density at radius 1 is 1.38 bits per heavy atom. The van der Waals surface area contributed by atoms with Gasteiger partial charge in [0, 0.05) is 25.3 Å². The second-order valence-electron chi connectivity index (χ2n) is 7.70. The number of halogens is 1. The van der Waals surface area contributed by atoms with Crippen LogP contribution in [0.15, 0.2) is 30.6 Å². The fourth-order valence-corrected chi connectivity index (χ4v) is 3.67. The van der Waals surface area contributed by atoms with Gasteiger partial charge in [0.15, 0.2) is 11.6 Å². The van der Waals surface area contributed by atoms with E-state index >= 15 is 4.39 Å². The monoisotopic (exact) mass is 444 g/mol. The third kappa shape index (κ3) is 4.48. The molecule has 1 aliphatic rings. The third-order valence-electron chi connectivity index (χ3n) is 5.31. The molecule has 1 aliphatic heterocycles. The summed E-state index contributed by atoms with van der Waals surface area (Å²) in [6.45, 7) is 1.59. The van der Waals surface area contributed by atoms with E-state index in [0.717, 1.165) is 5.52 Å². The number of ether oxygens (including phenoxy) is 1. The van der Waals surface area contributed by atoms with E-state index in [1.165, 1.54) is 4.90 Å². The summed E-state index contributed by atoms with van der Waals surface area (Å²) in [5.74, 6) is -1.28. The first-order chi connectivity index (χ1) is 15.5. The van der Waals surface area contributed by atoms with Crippen LogP contribution in [-0.4, -0.2) is 79.1 Å². The minimum atomic E-state index is -0.781. The first kappa shape index (κ1) is 21.9. The van der Waals surface area contributed by atoms with Gasteiger partial charge in [-0.15, -0.1) is 0 Å². The van der Waals surface area contributed by atoms with Crippen molar-refractivity contribution in [2.45, 2.75) is 31.9 Å². The summed E-state index contributed by atoms with van der Waals surface area (Å²) >= 11 is 0. The number of rotatable bonds is 7. The molecule has 1 amide bonds. The standard InChI is InChI=1S/C21H25FN6O4/c1-13(11-29)32-21-18(22)20(24-14-5-4-7-27(10-14)17(31)12-30)25-19(26-21)15-9-23-28-8-3-2-6-16(15)28/h2-3,6,8-9,13-14,29-30H,4-5,7,10-12H2,1H3,(H,24,25,26)/t13-,14+/m0/s1. The first-order valence-corrected chi connectivity index (χ1v) is 10.4. The first-order valence-electron chi connectivity index (χ1n) is 10.4. The Morgan fingerprint density at radius 3 is 3.00 bits per heavy atom. The molecule has 0 saturated carbocycles. The number of likely N-dealkylation sites (tertiary alicyclic amines) is 1. The molecule has 0 bridgehead atoms. The van der Waals surface area contributed by atoms with E-state index in [0.29, 0.717) is 31.5 Å². The maximum atomic E-state index is 15.2. The van der Waals surface area contributed by atoms with Crippen molar-refractivity contribution in [1.82, 2.24) is 24.5 Å². The van der Waals surface area contributed by atoms with E-state index in [-0.39, 0.29) is 36.1 Å². The lowest BCUT2D eigenvalue weighted by atomic mass is 10.1. The lowest BCUT2D eigenvalue weighted by Crippen LogP contribution is -2.46. The molecular weight excluding hydrogens is 419 g/mol. The van der Waals surface area contributed by atoms with Crippen LogP contribution in [0.25, 0.3) is 16.9 Å². The number of carbonyl (C=O) groups excluding carboxylic acids is 1. The molecule has 0 unspecified atom stereocenters. The van der Waals surface area contributed by atoms with Crippen molar-refractivity contribution >= 4 is 17.2 Å². The summed E-state index contributed by atoms with van der Waals surface area (Å²) in [5.41, 5.74) is 1.33. The largest absolute Gasteiger partial charge is 0.470 e. The zero-order valence-corrected chi connectivity index (χ0v) is 17.6. The number of anilines is 1. The highest BCUT2D eigenvalue weighted by Crippen LogP contribution is 2.30. The van der Waals surface area contributed by atoms with Crippen LogP contribution in [-0.2, 0) is 4.79 Å². The van der Waals surface area contributed by atoms with Crippen LogP contribution in [0.1, 0.15) is 19.8 Å². The van der Waals surface area contributed by atoms with Crippen molar-refractivity contribution in [3.63, 3.8) is 0 Å². The van der Waals surface area contributed by atoms with Gasteiger partial charge in [0.2, 0.25) is 11.7 Å². The van der Waals surface area contributed by atoms with Crippen molar-refractivity contribution in [2.75, 3.05) is 31.6 Å². The van der Waals surface area contributed by atoms with Crippen LogP contribution >= 0.6 is 0 Å². The normalized spacial score (nSPS) is 17.4. The predicted octanol–water partition coefficient (Wildman–Crippen LogP) is 1.09. The van der Waals surface area contributed by atoms with E-state index in [1.807, 2.05) is 18.2 Å². The number of aromatic nitrogens is 4. The molecule has 11 heteroatoms. The number of piperidine rings is 1. The summed E-state index contributed by atoms with van der Waals surface area (Å²) in [4.78, 5) is 22.1. The molecule has 3 N–H and O–H groups in total. The zero-order valence-electron chi connectivity index (χ0n) is 17.6. The van der Waals surface area contributed by atoms with Crippen molar-refractivity contribution in [3.8, 4) is 17.3 Å². The van der Waals surface area contributed by atoms with Crippen LogP contribution in [0.4, 0.5) is 10.2 Å². The molecule has 10 nitrogen and oxygen atoms in total. The van der Waals surface area contributed by atoms with E-state index in [4.69, 9.17) is 9.84 Å². The SMILES string of the molecule is C[C@@H](CO)Oc1nc(-c2cnn3ccccc23)nc(N[C@@H]2CCCN(C(=O)CO)C2)c1F. The summed E-state index contributed by atoms with van der Waals surface area (Å²) in [6.07, 6.45) is 4.11. The van der Waals surface area contributed by atoms with Crippen LogP contribution in [0.2, 0.25) is 0 Å². The molecule has 1 fully saturated rings. The number of aliphatic hydroxyl groups is 2. The van der Waals surface area contributed by atoms with Gasteiger partial charge in [0.05, 0.1) is 23.9 Å². The predicted molar refractivity (Wildman–Crippen MR) is 114 cm³/mol. The van der Waals surface area contributed by atoms with Gasteiger partial charge in [-0.3, -0.25) is 4.79 Å². The second-order valence-corrected chi connectivity index (χ2v) is 7.70. The van der Waals surface area contributed by atoms with Crippen LogP contribution in [0, 0.1) is 5.82 Å². The summed E-state index contributed by atoms with van der Waals surface area (Å²) in [6, 6.07) is 5.27. The molecule has 0 spiro atoms. The Balaban J connectivity index is 1.70. The average Bonchev–Trinajstić information content (AvgIpc) is 3.25. The Labute approximate surface area is 183 Å². The molecule has 1 saturated heterocycles. The molecule has 3 aromatic heterocycles. The highest BCUT2D eigenvalue weighted by molar-refractivity contribution is 5.77. The molecular formula is C21H25FN6O4. The maximum Gasteiger partial charge on any atom is 0.256 e. The number of carbonyl (C=O) groups is 1. The van der Waals surface area contributed by atoms with E-state index in [9.17, 15) is 9.90 Å². The number of hydrogen-bond donors (Lipinski definition) is 3. The van der Waals surface area contributed by atoms with Crippen LogP contribution < -0.4 is 10.1 Å². The Hall–Kier alpha value is -3.31. The highest BCUT2D eigenvalue weighted by Gasteiger charge is 2.26. The molecule has 0 aromatic carbocycles. The van der Waals surface area contributed by atoms with Gasteiger partial charge >= 0.3 is 0 Å². The maximum absolute atomic E-state index is 15.2. The number of fused-ring (bicyclic) bond motifs is 1. The minimum absolute atomic E-state index is 0.0614. The Morgan fingerprint density at radius 2 is 2.22 bits per heavy atom. The van der Waals surface area contributed by atoms with Gasteiger partial charge in [0.25, 0.3) is 5.88 Å². The average molecular weight is 444 g/mol. The van der Waals surface area contributed by atoms with Crippen LogP contribution in [0.3, 0.4) is 0 Å². The molecule has 0 radical (unpaired) electrons. The van der Waals surface area contributed by atoms with Crippen LogP contribution in [0.5, 0.6) is 5.88 Å². The smallest absolute Gasteiger partial charge is 0.256 e. The molecule has 170 valence electrons. The number of nitrogens with one attached hydrogen (secondary N) is 1. The fraction of sp³-hybridized carbons (Fsp3) is 0.429. The number of nitrogens with zero attached hydrogens (tertiary/aromatic N) is 5. The van der Waals surface area contributed by atoms with E-state index in [2.05, 4.69) is 20.4 Å². The third-order valence-corrected chi connectivity index (χ3v) is 5.31. The van der Waals surface area contributed by atoms with Crippen molar-refractivity contribution in [3.05, 3.63) is 36.4 Å². The lowest BCUT2D eigenvalue weighted by molar-refractivity contribution is -0.135. The van der Waals surface area contributed by atoms with E-state index in [1.54, 1.807) is 23.8 Å². The van der Waals surface area contributed by atoms with Gasteiger partial charge in [0.1, 0.15) is 12.7 Å². The molecule has 0 aliphatic carbocycles. The summed E-state index contributed by atoms with van der Waals surface area (Å²) < 4.78 is 22.4. The Kier molecular flexibility index (Phi) is 6.47. The molecule has 32 heavy (non-hydrogen) atoms. The van der Waals surface area contributed by atoms with Crippen molar-refractivity contribution < 1.29 is 24.1 Å². The number of hydrogen-bond acceptors (Lipinski definition) is 8. The van der Waals surface area contributed by atoms with Gasteiger partial charge in [-0.2, -0.15) is 14.5 Å². The summed E-state index contributed by atoms with van der Waals surface area (Å²) in [5, 5.41) is 25.8. The zero-order chi connectivity index (χ0) is 22.7. The Bertz CT molecular complexity index is 1110.